The summed E-state index contributed by atoms with van der Waals surface area (Å²) in [7, 11) is 0. The standard InChI is InChI=1S/C22H20F3N3O2S2/c1-11-7-16-15(8-13(9-26-16)22(23,24)25)21(27-11)31-10-17(29)19-6-5-18(32-19)12(2)20(30)28-14-3-4-14/h5-9,12,14H,3-4,10H2,1-2H3,(H,28,30). The number of hydrogen-bond acceptors (Lipinski definition) is 6. The molecule has 1 atom stereocenters. The molecule has 1 amide bonds. The first-order valence-corrected chi connectivity index (χ1v) is 11.8. The van der Waals surface area contributed by atoms with Crippen molar-refractivity contribution in [3.05, 3.63) is 51.5 Å². The van der Waals surface area contributed by atoms with Gasteiger partial charge in [0.15, 0.2) is 5.78 Å². The topological polar surface area (TPSA) is 72.0 Å². The Morgan fingerprint density at radius 2 is 2.03 bits per heavy atom. The molecule has 1 aliphatic rings. The molecule has 32 heavy (non-hydrogen) atoms. The molecular weight excluding hydrogens is 459 g/mol. The van der Waals surface area contributed by atoms with Gasteiger partial charge in [-0.05, 0) is 51.0 Å². The van der Waals surface area contributed by atoms with Crippen LogP contribution in [0.25, 0.3) is 10.9 Å². The number of Topliss-reactive ketones (excluding diaryl/α,β-unsaturated/α-hetero) is 1. The van der Waals surface area contributed by atoms with Crippen molar-refractivity contribution in [1.29, 1.82) is 0 Å². The van der Waals surface area contributed by atoms with Crippen LogP contribution in [0, 0.1) is 6.92 Å². The largest absolute Gasteiger partial charge is 0.417 e. The molecule has 0 bridgehead atoms. The van der Waals surface area contributed by atoms with Gasteiger partial charge in [0.2, 0.25) is 5.91 Å². The second kappa shape index (κ2) is 8.82. The number of nitrogens with zero attached hydrogens (tertiary/aromatic N) is 2. The third-order valence-electron chi connectivity index (χ3n) is 5.09. The van der Waals surface area contributed by atoms with Crippen LogP contribution in [-0.2, 0) is 11.0 Å². The normalized spacial score (nSPS) is 15.0. The smallest absolute Gasteiger partial charge is 0.353 e. The Bertz CT molecular complexity index is 1190. The molecule has 0 radical (unpaired) electrons. The van der Waals surface area contributed by atoms with Crippen LogP contribution in [0.5, 0.6) is 0 Å². The van der Waals surface area contributed by atoms with Gasteiger partial charge in [0.25, 0.3) is 0 Å². The molecule has 1 unspecified atom stereocenters. The third kappa shape index (κ3) is 5.12. The fraction of sp³-hybridized carbons (Fsp3) is 0.364. The Morgan fingerprint density at radius 1 is 1.28 bits per heavy atom. The van der Waals surface area contributed by atoms with Crippen molar-refractivity contribution in [2.24, 2.45) is 0 Å². The minimum atomic E-state index is -4.51. The zero-order chi connectivity index (χ0) is 23.0. The van der Waals surface area contributed by atoms with E-state index in [4.69, 9.17) is 0 Å². The number of carbonyl (C=O) groups is 2. The Morgan fingerprint density at radius 3 is 2.72 bits per heavy atom. The van der Waals surface area contributed by atoms with Gasteiger partial charge in [0.05, 0.1) is 27.6 Å². The van der Waals surface area contributed by atoms with Crippen LogP contribution in [0.3, 0.4) is 0 Å². The highest BCUT2D eigenvalue weighted by atomic mass is 32.2. The number of aryl methyl sites for hydroxylation is 1. The monoisotopic (exact) mass is 479 g/mol. The molecule has 10 heteroatoms. The van der Waals surface area contributed by atoms with Gasteiger partial charge in [-0.2, -0.15) is 13.2 Å². The molecule has 0 aliphatic heterocycles. The van der Waals surface area contributed by atoms with E-state index in [1.807, 2.05) is 0 Å². The van der Waals surface area contributed by atoms with Crippen molar-refractivity contribution < 1.29 is 22.8 Å². The molecular formula is C22H20F3N3O2S2. The molecule has 3 aromatic heterocycles. The van der Waals surface area contributed by atoms with E-state index >= 15 is 0 Å². The number of thiophene rings is 1. The number of fused-ring (bicyclic) bond motifs is 1. The average molecular weight is 480 g/mol. The van der Waals surface area contributed by atoms with Gasteiger partial charge < -0.3 is 5.32 Å². The fourth-order valence-electron chi connectivity index (χ4n) is 3.10. The lowest BCUT2D eigenvalue weighted by Crippen LogP contribution is -2.29. The predicted octanol–water partition coefficient (Wildman–Crippen LogP) is 5.38. The molecule has 1 fully saturated rings. The molecule has 1 saturated carbocycles. The van der Waals surface area contributed by atoms with E-state index in [-0.39, 0.29) is 34.8 Å². The Balaban J connectivity index is 1.49. The third-order valence-corrected chi connectivity index (χ3v) is 7.39. The number of carbonyl (C=O) groups excluding carboxylic acids is 2. The average Bonchev–Trinajstić information content (AvgIpc) is 3.41. The zero-order valence-corrected chi connectivity index (χ0v) is 19.0. The van der Waals surface area contributed by atoms with Gasteiger partial charge in [0, 0.05) is 28.2 Å². The van der Waals surface area contributed by atoms with Crippen molar-refractivity contribution in [2.75, 3.05) is 5.75 Å². The first-order chi connectivity index (χ1) is 15.1. The summed E-state index contributed by atoms with van der Waals surface area (Å²) in [5.41, 5.74) is 0.146. The number of ketones is 1. The maximum Gasteiger partial charge on any atom is 0.417 e. The molecule has 1 N–H and O–H groups in total. The molecule has 4 rings (SSSR count). The quantitative estimate of drug-likeness (QED) is 0.364. The molecule has 3 heterocycles. The number of aromatic nitrogens is 2. The maximum absolute atomic E-state index is 13.1. The van der Waals surface area contributed by atoms with E-state index in [1.54, 1.807) is 32.0 Å². The number of hydrogen-bond donors (Lipinski definition) is 1. The van der Waals surface area contributed by atoms with Crippen molar-refractivity contribution in [1.82, 2.24) is 15.3 Å². The number of amides is 1. The minimum absolute atomic E-state index is 0.0183. The van der Waals surface area contributed by atoms with Gasteiger partial charge in [0.1, 0.15) is 5.03 Å². The van der Waals surface area contributed by atoms with Gasteiger partial charge in [-0.15, -0.1) is 11.3 Å². The molecule has 3 aromatic rings. The van der Waals surface area contributed by atoms with Crippen LogP contribution in [0.2, 0.25) is 0 Å². The van der Waals surface area contributed by atoms with Crippen LogP contribution >= 0.6 is 23.1 Å². The van der Waals surface area contributed by atoms with Gasteiger partial charge >= 0.3 is 6.18 Å². The summed E-state index contributed by atoms with van der Waals surface area (Å²) >= 11 is 2.35. The Hall–Kier alpha value is -2.46. The van der Waals surface area contributed by atoms with Crippen LogP contribution < -0.4 is 5.32 Å². The lowest BCUT2D eigenvalue weighted by Gasteiger charge is -2.10. The highest BCUT2D eigenvalue weighted by molar-refractivity contribution is 8.00. The lowest BCUT2D eigenvalue weighted by atomic mass is 10.1. The summed E-state index contributed by atoms with van der Waals surface area (Å²) in [5.74, 6) is -0.544. The Labute approximate surface area is 190 Å². The highest BCUT2D eigenvalue weighted by Crippen LogP contribution is 2.34. The van der Waals surface area contributed by atoms with Gasteiger partial charge in [-0.25, -0.2) is 4.98 Å². The van der Waals surface area contributed by atoms with Crippen molar-refractivity contribution >= 4 is 45.7 Å². The first-order valence-electron chi connectivity index (χ1n) is 10.0. The van der Waals surface area contributed by atoms with Crippen molar-refractivity contribution in [3.63, 3.8) is 0 Å². The van der Waals surface area contributed by atoms with Crippen LogP contribution in [0.1, 0.15) is 51.5 Å². The van der Waals surface area contributed by atoms with E-state index in [0.717, 1.165) is 41.7 Å². The molecule has 5 nitrogen and oxygen atoms in total. The minimum Gasteiger partial charge on any atom is -0.353 e. The molecule has 0 spiro atoms. The highest BCUT2D eigenvalue weighted by Gasteiger charge is 2.31. The number of alkyl halides is 3. The van der Waals surface area contributed by atoms with E-state index in [9.17, 15) is 22.8 Å². The van der Waals surface area contributed by atoms with Crippen LogP contribution in [0.4, 0.5) is 13.2 Å². The first kappa shape index (κ1) is 22.7. The summed E-state index contributed by atoms with van der Waals surface area (Å²) in [5, 5.41) is 3.56. The van der Waals surface area contributed by atoms with Crippen LogP contribution in [-0.4, -0.2) is 33.5 Å². The summed E-state index contributed by atoms with van der Waals surface area (Å²) in [6.07, 6.45) is -1.70. The summed E-state index contributed by atoms with van der Waals surface area (Å²) in [4.78, 5) is 34.5. The van der Waals surface area contributed by atoms with Gasteiger partial charge in [-0.3, -0.25) is 14.6 Å². The Kier molecular flexibility index (Phi) is 6.26. The number of pyridine rings is 2. The van der Waals surface area contributed by atoms with E-state index in [2.05, 4.69) is 15.3 Å². The predicted molar refractivity (Wildman–Crippen MR) is 118 cm³/mol. The molecule has 168 valence electrons. The van der Waals surface area contributed by atoms with E-state index in [1.165, 1.54) is 11.3 Å². The summed E-state index contributed by atoms with van der Waals surface area (Å²) in [6, 6.07) is 6.37. The fourth-order valence-corrected chi connectivity index (χ4v) is 5.14. The zero-order valence-electron chi connectivity index (χ0n) is 17.3. The molecule has 0 aromatic carbocycles. The number of thioether (sulfide) groups is 1. The number of nitrogens with one attached hydrogen (secondary N) is 1. The SMILES string of the molecule is Cc1cc2ncc(C(F)(F)F)cc2c(SCC(=O)c2ccc(C(C)C(=O)NC3CC3)s2)n1. The second-order valence-corrected chi connectivity index (χ2v) is 9.86. The number of halogens is 3. The van der Waals surface area contributed by atoms with Crippen molar-refractivity contribution in [3.8, 4) is 0 Å². The summed E-state index contributed by atoms with van der Waals surface area (Å²) in [6.45, 7) is 3.53. The van der Waals surface area contributed by atoms with E-state index < -0.39 is 11.7 Å². The lowest BCUT2D eigenvalue weighted by molar-refractivity contribution is -0.137. The van der Waals surface area contributed by atoms with Gasteiger partial charge in [-0.1, -0.05) is 11.8 Å². The van der Waals surface area contributed by atoms with Crippen molar-refractivity contribution in [2.45, 2.75) is 49.9 Å². The van der Waals surface area contributed by atoms with Crippen LogP contribution in [0.15, 0.2) is 35.5 Å². The van der Waals surface area contributed by atoms with E-state index in [0.29, 0.717) is 21.1 Å². The molecule has 0 saturated heterocycles. The molecule has 1 aliphatic carbocycles. The maximum atomic E-state index is 13.1. The number of rotatable bonds is 7. The summed E-state index contributed by atoms with van der Waals surface area (Å²) < 4.78 is 39.3. The second-order valence-electron chi connectivity index (χ2n) is 7.78.